The van der Waals surface area contributed by atoms with Gasteiger partial charge in [0.2, 0.25) is 10.0 Å². The van der Waals surface area contributed by atoms with E-state index in [-0.39, 0.29) is 36.0 Å². The lowest BCUT2D eigenvalue weighted by atomic mass is 9.99. The minimum Gasteiger partial charge on any atom is -0.443 e. The zero-order valence-electron chi connectivity index (χ0n) is 20.5. The van der Waals surface area contributed by atoms with E-state index < -0.39 is 38.8 Å². The van der Waals surface area contributed by atoms with Gasteiger partial charge < -0.3 is 9.84 Å². The molecular weight excluding hydrogens is 601 g/mol. The van der Waals surface area contributed by atoms with Crippen molar-refractivity contribution in [2.45, 2.75) is 62.7 Å². The van der Waals surface area contributed by atoms with Crippen molar-refractivity contribution in [2.24, 2.45) is 0 Å². The molecule has 0 radical (unpaired) electrons. The fourth-order valence-corrected chi connectivity index (χ4v) is 6.59. The summed E-state index contributed by atoms with van der Waals surface area (Å²) in [6.45, 7) is 6.77. The van der Waals surface area contributed by atoms with Gasteiger partial charge in [0.1, 0.15) is 5.60 Å². The standard InChI is InChI=1S/C24H30IN3O7S/c1-16-14-26(36(33,34)22-11-10-18(28(31)32)13-19(16)22)15-21(29)20(12-17-8-6-5-7-9-17)27(25)23(30)35-24(2,3)4/h5-11,13,16,20-21,29H,12,14-15H2,1-4H3/t16?,20-,21+/m0/s1. The smallest absolute Gasteiger partial charge is 0.419 e. The maximum absolute atomic E-state index is 13.4. The van der Waals surface area contributed by atoms with Gasteiger partial charge in [-0.1, -0.05) is 37.3 Å². The van der Waals surface area contributed by atoms with E-state index >= 15 is 0 Å². The summed E-state index contributed by atoms with van der Waals surface area (Å²) in [4.78, 5) is 23.4. The highest BCUT2D eigenvalue weighted by Crippen LogP contribution is 2.36. The average Bonchev–Trinajstić information content (AvgIpc) is 2.79. The second-order valence-corrected chi connectivity index (χ2v) is 12.8. The Balaban J connectivity index is 1.89. The van der Waals surface area contributed by atoms with Gasteiger partial charge in [-0.05, 0) is 50.3 Å². The normalized spacial score (nSPS) is 19.1. The molecule has 12 heteroatoms. The molecule has 1 unspecified atom stereocenters. The molecule has 0 saturated heterocycles. The summed E-state index contributed by atoms with van der Waals surface area (Å²) < 4.78 is 34.7. The number of hydrogen-bond donors (Lipinski definition) is 1. The number of nitro groups is 1. The van der Waals surface area contributed by atoms with Crippen molar-refractivity contribution in [1.82, 2.24) is 7.42 Å². The van der Waals surface area contributed by atoms with Crippen LogP contribution >= 0.6 is 22.9 Å². The van der Waals surface area contributed by atoms with E-state index in [1.54, 1.807) is 50.6 Å². The molecule has 1 amide bonds. The Labute approximate surface area is 224 Å². The average molecular weight is 631 g/mol. The number of amides is 1. The molecule has 0 fully saturated rings. The van der Waals surface area contributed by atoms with E-state index in [0.29, 0.717) is 5.56 Å². The second-order valence-electron chi connectivity index (χ2n) is 9.82. The monoisotopic (exact) mass is 631 g/mol. The lowest BCUT2D eigenvalue weighted by Crippen LogP contribution is -2.51. The highest BCUT2D eigenvalue weighted by molar-refractivity contribution is 14.1. The lowest BCUT2D eigenvalue weighted by molar-refractivity contribution is -0.385. The number of halogens is 1. The van der Waals surface area contributed by atoms with Gasteiger partial charge in [0.15, 0.2) is 0 Å². The van der Waals surface area contributed by atoms with Gasteiger partial charge in [-0.15, -0.1) is 0 Å². The largest absolute Gasteiger partial charge is 0.443 e. The third kappa shape index (κ3) is 6.52. The van der Waals surface area contributed by atoms with Gasteiger partial charge in [0.05, 0.1) is 44.8 Å². The third-order valence-corrected chi connectivity index (χ3v) is 8.83. The van der Waals surface area contributed by atoms with Crippen LogP contribution in [0.25, 0.3) is 0 Å². The number of benzene rings is 2. The van der Waals surface area contributed by atoms with Crippen LogP contribution in [-0.4, -0.2) is 62.8 Å². The van der Waals surface area contributed by atoms with Gasteiger partial charge >= 0.3 is 6.09 Å². The molecule has 1 heterocycles. The van der Waals surface area contributed by atoms with Gasteiger partial charge in [-0.25, -0.2) is 16.3 Å². The van der Waals surface area contributed by atoms with Crippen molar-refractivity contribution in [2.75, 3.05) is 13.1 Å². The molecule has 1 N–H and O–H groups in total. The highest BCUT2D eigenvalue weighted by atomic mass is 127. The van der Waals surface area contributed by atoms with Gasteiger partial charge in [-0.2, -0.15) is 4.31 Å². The zero-order chi connectivity index (χ0) is 26.8. The predicted molar refractivity (Wildman–Crippen MR) is 142 cm³/mol. The minimum atomic E-state index is -4.02. The number of nitrogens with zero attached hydrogens (tertiary/aromatic N) is 3. The van der Waals surface area contributed by atoms with E-state index in [0.717, 1.165) is 11.6 Å². The maximum atomic E-state index is 13.4. The van der Waals surface area contributed by atoms with Crippen molar-refractivity contribution >= 4 is 44.7 Å². The topological polar surface area (TPSA) is 130 Å². The number of non-ortho nitro benzene ring substituents is 1. The molecule has 3 atom stereocenters. The van der Waals surface area contributed by atoms with Crippen LogP contribution in [0, 0.1) is 10.1 Å². The van der Waals surface area contributed by atoms with Crippen LogP contribution in [0.2, 0.25) is 0 Å². The molecule has 0 spiro atoms. The fraction of sp³-hybridized carbons (Fsp3) is 0.458. The molecule has 196 valence electrons. The minimum absolute atomic E-state index is 0.0165. The Hall–Kier alpha value is -2.29. The Kier molecular flexibility index (Phi) is 8.63. The molecule has 10 nitrogen and oxygen atoms in total. The third-order valence-electron chi connectivity index (χ3n) is 5.81. The molecule has 1 aliphatic heterocycles. The lowest BCUT2D eigenvalue weighted by Gasteiger charge is -2.37. The molecule has 2 aromatic carbocycles. The zero-order valence-corrected chi connectivity index (χ0v) is 23.5. The van der Waals surface area contributed by atoms with Crippen molar-refractivity contribution < 1.29 is 28.0 Å². The molecule has 36 heavy (non-hydrogen) atoms. The fourth-order valence-electron chi connectivity index (χ4n) is 4.08. The Morgan fingerprint density at radius 2 is 1.92 bits per heavy atom. The molecule has 0 aromatic heterocycles. The SMILES string of the molecule is CC1CN(C[C@@H](O)[C@H](Cc2ccccc2)N(I)C(=O)OC(C)(C)C)S(=O)(=O)c2ccc([N+](=O)[O-])cc21. The van der Waals surface area contributed by atoms with Crippen LogP contribution < -0.4 is 0 Å². The van der Waals surface area contributed by atoms with Crippen molar-refractivity contribution in [1.29, 1.82) is 0 Å². The van der Waals surface area contributed by atoms with E-state index in [1.807, 2.05) is 30.3 Å². The highest BCUT2D eigenvalue weighted by Gasteiger charge is 2.40. The number of aliphatic hydroxyl groups excluding tert-OH is 1. The van der Waals surface area contributed by atoms with Crippen molar-refractivity contribution in [3.05, 3.63) is 69.8 Å². The number of carbonyl (C=O) groups is 1. The molecule has 0 bridgehead atoms. The number of rotatable bonds is 7. The Morgan fingerprint density at radius 1 is 1.28 bits per heavy atom. The Bertz CT molecular complexity index is 1220. The van der Waals surface area contributed by atoms with Gasteiger partial charge in [0.25, 0.3) is 5.69 Å². The number of ether oxygens (including phenoxy) is 1. The van der Waals surface area contributed by atoms with Crippen LogP contribution in [0.5, 0.6) is 0 Å². The Morgan fingerprint density at radius 3 is 2.50 bits per heavy atom. The summed E-state index contributed by atoms with van der Waals surface area (Å²) in [5.74, 6) is -0.329. The number of β-amino-alcohol motifs (C(OH)–C–C–N with tert-alkyl or cyclic N) is 1. The quantitative estimate of drug-likeness (QED) is 0.209. The van der Waals surface area contributed by atoms with Crippen LogP contribution in [0.4, 0.5) is 10.5 Å². The summed E-state index contributed by atoms with van der Waals surface area (Å²) in [5.41, 5.74) is 0.310. The number of nitro benzene ring substituents is 1. The summed E-state index contributed by atoms with van der Waals surface area (Å²) in [6.07, 6.45) is -1.61. The molecule has 0 saturated carbocycles. The second kappa shape index (κ2) is 11.0. The van der Waals surface area contributed by atoms with Crippen LogP contribution in [0.15, 0.2) is 53.4 Å². The van der Waals surface area contributed by atoms with E-state index in [4.69, 9.17) is 4.74 Å². The molecule has 3 rings (SSSR count). The first-order valence-electron chi connectivity index (χ1n) is 11.4. The molecule has 1 aliphatic rings. The number of fused-ring (bicyclic) bond motifs is 1. The maximum Gasteiger partial charge on any atom is 0.419 e. The van der Waals surface area contributed by atoms with Crippen LogP contribution in [0.3, 0.4) is 0 Å². The van der Waals surface area contributed by atoms with Crippen molar-refractivity contribution in [3.8, 4) is 0 Å². The molecular formula is C24H30IN3O7S. The number of sulfonamides is 1. The van der Waals surface area contributed by atoms with E-state index in [9.17, 15) is 28.4 Å². The van der Waals surface area contributed by atoms with Crippen LogP contribution in [-0.2, 0) is 21.2 Å². The first kappa shape index (κ1) is 28.3. The van der Waals surface area contributed by atoms with E-state index in [1.165, 1.54) is 19.6 Å². The van der Waals surface area contributed by atoms with Crippen LogP contribution in [0.1, 0.15) is 44.7 Å². The van der Waals surface area contributed by atoms with Gasteiger partial charge in [0, 0.05) is 25.2 Å². The van der Waals surface area contributed by atoms with Crippen molar-refractivity contribution in [3.63, 3.8) is 0 Å². The number of hydrogen-bond acceptors (Lipinski definition) is 7. The van der Waals surface area contributed by atoms with E-state index in [2.05, 4.69) is 0 Å². The molecule has 2 aromatic rings. The summed E-state index contributed by atoms with van der Waals surface area (Å²) in [7, 11) is -4.02. The number of aliphatic hydroxyl groups is 1. The summed E-state index contributed by atoms with van der Waals surface area (Å²) in [6, 6.07) is 12.2. The first-order valence-corrected chi connectivity index (χ1v) is 13.8. The summed E-state index contributed by atoms with van der Waals surface area (Å²) >= 11 is 1.80. The number of carbonyl (C=O) groups excluding carboxylic acids is 1. The predicted octanol–water partition coefficient (Wildman–Crippen LogP) is 4.26. The summed E-state index contributed by atoms with van der Waals surface area (Å²) in [5, 5.41) is 22.4. The van der Waals surface area contributed by atoms with Gasteiger partial charge in [-0.3, -0.25) is 10.1 Å². The first-order chi connectivity index (χ1) is 16.7. The molecule has 0 aliphatic carbocycles.